The van der Waals surface area contributed by atoms with Crippen molar-refractivity contribution in [1.29, 1.82) is 5.26 Å². The number of hydrogen-bond donors (Lipinski definition) is 1. The van der Waals surface area contributed by atoms with Crippen LogP contribution in [0.15, 0.2) is 24.3 Å². The van der Waals surface area contributed by atoms with Crippen LogP contribution in [0.25, 0.3) is 0 Å². The molecule has 1 fully saturated rings. The van der Waals surface area contributed by atoms with Crippen LogP contribution < -0.4 is 5.32 Å². The second-order valence-corrected chi connectivity index (χ2v) is 6.51. The van der Waals surface area contributed by atoms with E-state index < -0.39 is 28.2 Å². The van der Waals surface area contributed by atoms with Crippen molar-refractivity contribution in [2.24, 2.45) is 5.41 Å². The number of carbonyl (C=O) groups excluding carboxylic acids is 2. The Morgan fingerprint density at radius 3 is 2.71 bits per heavy atom. The highest BCUT2D eigenvalue weighted by Crippen LogP contribution is 2.64. The molecule has 1 aliphatic rings. The molecule has 7 heteroatoms. The molecule has 0 unspecified atom stereocenters. The zero-order valence-corrected chi connectivity index (χ0v) is 12.7. The van der Waals surface area contributed by atoms with E-state index in [9.17, 15) is 9.59 Å². The third-order valence-electron chi connectivity index (χ3n) is 3.32. The van der Waals surface area contributed by atoms with Crippen molar-refractivity contribution in [3.05, 3.63) is 29.8 Å². The summed E-state index contributed by atoms with van der Waals surface area (Å²) >= 11 is 11.7. The Labute approximate surface area is 131 Å². The largest absolute Gasteiger partial charge is 0.455 e. The van der Waals surface area contributed by atoms with E-state index in [1.807, 2.05) is 6.07 Å². The fourth-order valence-electron chi connectivity index (χ4n) is 1.78. The van der Waals surface area contributed by atoms with Gasteiger partial charge < -0.3 is 10.1 Å². The van der Waals surface area contributed by atoms with E-state index in [4.69, 9.17) is 33.2 Å². The lowest BCUT2D eigenvalue weighted by Crippen LogP contribution is -2.26. The van der Waals surface area contributed by atoms with Gasteiger partial charge in [-0.25, -0.2) is 0 Å². The fraction of sp³-hybridized carbons (Fsp3) is 0.357. The lowest BCUT2D eigenvalue weighted by atomic mass is 10.1. The average Bonchev–Trinajstić information content (AvgIpc) is 2.96. The van der Waals surface area contributed by atoms with Gasteiger partial charge in [0.25, 0.3) is 5.91 Å². The SMILES string of the molecule is C[C@]1(C(=O)OCC(=O)Nc2cccc(C#N)c2)CC1(Cl)Cl. The summed E-state index contributed by atoms with van der Waals surface area (Å²) in [4.78, 5) is 23.5. The molecule has 21 heavy (non-hydrogen) atoms. The Bertz CT molecular complexity index is 639. The van der Waals surface area contributed by atoms with E-state index in [1.165, 1.54) is 6.07 Å². The highest BCUT2D eigenvalue weighted by molar-refractivity contribution is 6.53. The van der Waals surface area contributed by atoms with Crippen molar-refractivity contribution in [2.75, 3.05) is 11.9 Å². The fourth-order valence-corrected chi connectivity index (χ4v) is 2.46. The normalized spacial score (nSPS) is 22.0. The first-order chi connectivity index (χ1) is 9.78. The number of carbonyl (C=O) groups is 2. The molecule has 0 aromatic heterocycles. The molecule has 1 amide bonds. The van der Waals surface area contributed by atoms with Gasteiger partial charge in [-0.15, -0.1) is 23.2 Å². The number of nitrogens with zero attached hydrogens (tertiary/aromatic N) is 1. The Kier molecular flexibility index (Phi) is 4.13. The van der Waals surface area contributed by atoms with Crippen molar-refractivity contribution >= 4 is 40.8 Å². The summed E-state index contributed by atoms with van der Waals surface area (Å²) in [6.07, 6.45) is 0.299. The van der Waals surface area contributed by atoms with E-state index in [0.717, 1.165) is 0 Å². The smallest absolute Gasteiger partial charge is 0.315 e. The second kappa shape index (κ2) is 5.55. The number of nitrogens with one attached hydrogen (secondary N) is 1. The van der Waals surface area contributed by atoms with E-state index >= 15 is 0 Å². The number of ether oxygens (including phenoxy) is 1. The van der Waals surface area contributed by atoms with Crippen molar-refractivity contribution in [3.8, 4) is 6.07 Å². The van der Waals surface area contributed by atoms with E-state index in [-0.39, 0.29) is 0 Å². The number of anilines is 1. The molecule has 1 N–H and O–H groups in total. The highest BCUT2D eigenvalue weighted by Gasteiger charge is 2.69. The lowest BCUT2D eigenvalue weighted by Gasteiger charge is -2.11. The second-order valence-electron chi connectivity index (χ2n) is 5.03. The molecule has 110 valence electrons. The summed E-state index contributed by atoms with van der Waals surface area (Å²) in [7, 11) is 0. The van der Waals surface area contributed by atoms with Crippen LogP contribution in [0.5, 0.6) is 0 Å². The van der Waals surface area contributed by atoms with Crippen LogP contribution >= 0.6 is 23.2 Å². The molecule has 1 atom stereocenters. The maximum Gasteiger partial charge on any atom is 0.315 e. The van der Waals surface area contributed by atoms with Crippen LogP contribution in [-0.2, 0) is 14.3 Å². The van der Waals surface area contributed by atoms with E-state index in [1.54, 1.807) is 25.1 Å². The van der Waals surface area contributed by atoms with Crippen molar-refractivity contribution in [3.63, 3.8) is 0 Å². The molecule has 1 aromatic rings. The molecular formula is C14H12Cl2N2O3. The van der Waals surface area contributed by atoms with Crippen molar-refractivity contribution in [1.82, 2.24) is 0 Å². The zero-order valence-electron chi connectivity index (χ0n) is 11.2. The molecule has 1 aromatic carbocycles. The maximum absolute atomic E-state index is 11.8. The summed E-state index contributed by atoms with van der Waals surface area (Å²) in [5, 5.41) is 11.3. The van der Waals surface area contributed by atoms with Gasteiger partial charge in [0.2, 0.25) is 0 Å². The van der Waals surface area contributed by atoms with E-state index in [2.05, 4.69) is 5.32 Å². The monoisotopic (exact) mass is 326 g/mol. The van der Waals surface area contributed by atoms with Gasteiger partial charge >= 0.3 is 5.97 Å². The molecule has 0 radical (unpaired) electrons. The van der Waals surface area contributed by atoms with Crippen LogP contribution in [0.4, 0.5) is 5.69 Å². The summed E-state index contributed by atoms with van der Waals surface area (Å²) < 4.78 is 3.79. The topological polar surface area (TPSA) is 79.2 Å². The number of benzene rings is 1. The highest BCUT2D eigenvalue weighted by atomic mass is 35.5. The van der Waals surface area contributed by atoms with Gasteiger partial charge in [-0.3, -0.25) is 9.59 Å². The van der Waals surface area contributed by atoms with Gasteiger partial charge in [0.15, 0.2) is 6.61 Å². The zero-order chi connectivity index (χ0) is 15.7. The molecule has 0 saturated heterocycles. The van der Waals surface area contributed by atoms with Gasteiger partial charge in [-0.1, -0.05) is 6.07 Å². The summed E-state index contributed by atoms with van der Waals surface area (Å²) in [5.74, 6) is -1.11. The van der Waals surface area contributed by atoms with Crippen LogP contribution in [-0.4, -0.2) is 22.8 Å². The quantitative estimate of drug-likeness (QED) is 0.681. The number of esters is 1. The third-order valence-corrected chi connectivity index (χ3v) is 4.42. The predicted octanol–water partition coefficient (Wildman–Crippen LogP) is 2.62. The Balaban J connectivity index is 1.86. The first-order valence-electron chi connectivity index (χ1n) is 6.13. The predicted molar refractivity (Wildman–Crippen MR) is 77.9 cm³/mol. The van der Waals surface area contributed by atoms with Gasteiger partial charge in [-0.2, -0.15) is 5.26 Å². The first kappa shape index (κ1) is 15.6. The van der Waals surface area contributed by atoms with Gasteiger partial charge in [0.1, 0.15) is 9.75 Å². The number of alkyl halides is 2. The van der Waals surface area contributed by atoms with Crippen LogP contribution in [0.3, 0.4) is 0 Å². The number of hydrogen-bond acceptors (Lipinski definition) is 4. The number of halogens is 2. The Hall–Kier alpha value is -1.77. The molecule has 0 bridgehead atoms. The molecule has 0 aliphatic heterocycles. The minimum atomic E-state index is -1.12. The number of nitriles is 1. The molecule has 1 aliphatic carbocycles. The summed E-state index contributed by atoms with van der Waals surface area (Å²) in [5.41, 5.74) is -0.0852. The number of amides is 1. The van der Waals surface area contributed by atoms with Gasteiger partial charge in [0.05, 0.1) is 11.6 Å². The minimum absolute atomic E-state index is 0.299. The Morgan fingerprint density at radius 1 is 1.48 bits per heavy atom. The van der Waals surface area contributed by atoms with Gasteiger partial charge in [0, 0.05) is 12.1 Å². The molecule has 0 heterocycles. The summed E-state index contributed by atoms with van der Waals surface area (Å²) in [6, 6.07) is 8.37. The lowest BCUT2D eigenvalue weighted by molar-refractivity contribution is -0.152. The first-order valence-corrected chi connectivity index (χ1v) is 6.89. The van der Waals surface area contributed by atoms with Gasteiger partial charge in [-0.05, 0) is 25.1 Å². The molecular weight excluding hydrogens is 315 g/mol. The van der Waals surface area contributed by atoms with E-state index in [0.29, 0.717) is 17.7 Å². The standard InChI is InChI=1S/C14H12Cl2N2O3/c1-13(8-14(13,15)16)12(20)21-7-11(19)18-10-4-2-3-9(5-10)6-17/h2-5H,7-8H2,1H3,(H,18,19)/t13-/m1/s1. The van der Waals surface area contributed by atoms with Crippen molar-refractivity contribution < 1.29 is 14.3 Å². The van der Waals surface area contributed by atoms with Crippen molar-refractivity contribution in [2.45, 2.75) is 17.7 Å². The summed E-state index contributed by atoms with van der Waals surface area (Å²) in [6.45, 7) is 1.15. The molecule has 5 nitrogen and oxygen atoms in total. The van der Waals surface area contributed by atoms with Crippen LogP contribution in [0.1, 0.15) is 18.9 Å². The Morgan fingerprint density at radius 2 is 2.14 bits per heavy atom. The van der Waals surface area contributed by atoms with Crippen LogP contribution in [0, 0.1) is 16.7 Å². The molecule has 0 spiro atoms. The average molecular weight is 327 g/mol. The number of rotatable bonds is 4. The maximum atomic E-state index is 11.8. The molecule has 1 saturated carbocycles. The molecule has 2 rings (SSSR count). The van der Waals surface area contributed by atoms with Crippen LogP contribution in [0.2, 0.25) is 0 Å². The minimum Gasteiger partial charge on any atom is -0.455 e. The third kappa shape index (κ3) is 3.29.